The van der Waals surface area contributed by atoms with Gasteiger partial charge in [0.25, 0.3) is 17.8 Å². The molecular formula is C16H6F7N3O2. The number of carbonyl (C=O) groups is 1. The van der Waals surface area contributed by atoms with Crippen molar-refractivity contribution in [2.24, 2.45) is 0 Å². The van der Waals surface area contributed by atoms with Gasteiger partial charge in [-0.15, -0.1) is 0 Å². The number of hydrogen-bond donors (Lipinski definition) is 1. The predicted octanol–water partition coefficient (Wildman–Crippen LogP) is 4.56. The highest BCUT2D eigenvalue weighted by Gasteiger charge is 2.30. The number of pyridine rings is 1. The minimum atomic E-state index is -4.55. The predicted molar refractivity (Wildman–Crippen MR) is 79.0 cm³/mol. The van der Waals surface area contributed by atoms with Crippen LogP contribution in [0.5, 0.6) is 0 Å². The van der Waals surface area contributed by atoms with Gasteiger partial charge >= 0.3 is 6.18 Å². The van der Waals surface area contributed by atoms with E-state index in [0.29, 0.717) is 0 Å². The second kappa shape index (κ2) is 6.94. The maximum atomic E-state index is 13.5. The molecule has 3 aromatic rings. The molecule has 0 spiro atoms. The van der Waals surface area contributed by atoms with Gasteiger partial charge in [0, 0.05) is 11.6 Å². The van der Waals surface area contributed by atoms with Crippen LogP contribution in [0.1, 0.15) is 16.1 Å². The van der Waals surface area contributed by atoms with E-state index in [4.69, 9.17) is 0 Å². The molecule has 0 radical (unpaired) electrons. The summed E-state index contributed by atoms with van der Waals surface area (Å²) in [6.45, 7) is 0. The van der Waals surface area contributed by atoms with E-state index in [1.54, 1.807) is 5.32 Å². The molecule has 0 aliphatic rings. The fraction of sp³-hybridized carbons (Fsp3) is 0.0625. The number of anilines is 1. The molecule has 0 bridgehead atoms. The van der Waals surface area contributed by atoms with Crippen molar-refractivity contribution in [2.45, 2.75) is 6.18 Å². The summed E-state index contributed by atoms with van der Waals surface area (Å²) < 4.78 is 95.5. The van der Waals surface area contributed by atoms with E-state index in [2.05, 4.69) is 14.7 Å². The average Bonchev–Trinajstić information content (AvgIpc) is 3.13. The SMILES string of the molecule is O=C(Nc1c(F)c(F)nc(F)c1F)c1cc(-c2ccc(C(F)(F)F)cc2)no1. The largest absolute Gasteiger partial charge is 0.416 e. The molecule has 0 aliphatic heterocycles. The number of carbonyl (C=O) groups excluding carboxylic acids is 1. The van der Waals surface area contributed by atoms with Gasteiger partial charge in [0.15, 0.2) is 0 Å². The first kappa shape index (κ1) is 19.3. The van der Waals surface area contributed by atoms with Crippen molar-refractivity contribution >= 4 is 11.6 Å². The minimum Gasteiger partial charge on any atom is -0.350 e. The van der Waals surface area contributed by atoms with Crippen LogP contribution in [-0.4, -0.2) is 16.0 Å². The number of alkyl halides is 3. The molecule has 0 atom stereocenters. The van der Waals surface area contributed by atoms with Crippen LogP contribution in [0.4, 0.5) is 36.4 Å². The maximum Gasteiger partial charge on any atom is 0.416 e. The fourth-order valence-corrected chi connectivity index (χ4v) is 2.12. The maximum absolute atomic E-state index is 13.5. The molecule has 1 N–H and O–H groups in total. The van der Waals surface area contributed by atoms with Gasteiger partial charge in [0.1, 0.15) is 11.4 Å². The summed E-state index contributed by atoms with van der Waals surface area (Å²) in [6.07, 6.45) is -4.55. The third-order valence-corrected chi connectivity index (χ3v) is 3.48. The van der Waals surface area contributed by atoms with E-state index in [1.807, 2.05) is 0 Å². The number of nitrogens with one attached hydrogen (secondary N) is 1. The zero-order valence-corrected chi connectivity index (χ0v) is 13.2. The van der Waals surface area contributed by atoms with Gasteiger partial charge in [-0.3, -0.25) is 4.79 Å². The van der Waals surface area contributed by atoms with Crippen LogP contribution in [0.15, 0.2) is 34.9 Å². The zero-order chi connectivity index (χ0) is 20.6. The van der Waals surface area contributed by atoms with E-state index in [-0.39, 0.29) is 11.3 Å². The van der Waals surface area contributed by atoms with Crippen LogP contribution in [0.3, 0.4) is 0 Å². The third kappa shape index (κ3) is 3.66. The third-order valence-electron chi connectivity index (χ3n) is 3.48. The summed E-state index contributed by atoms with van der Waals surface area (Å²) in [6, 6.07) is 4.64. The fourth-order valence-electron chi connectivity index (χ4n) is 2.12. The Bertz CT molecular complexity index is 1020. The molecule has 28 heavy (non-hydrogen) atoms. The Morgan fingerprint density at radius 1 is 0.964 bits per heavy atom. The smallest absolute Gasteiger partial charge is 0.350 e. The highest BCUT2D eigenvalue weighted by molar-refractivity contribution is 6.02. The lowest BCUT2D eigenvalue weighted by Crippen LogP contribution is -2.16. The average molecular weight is 405 g/mol. The van der Waals surface area contributed by atoms with Crippen LogP contribution in [0, 0.1) is 23.5 Å². The Hall–Kier alpha value is -3.44. The van der Waals surface area contributed by atoms with Crippen LogP contribution < -0.4 is 5.32 Å². The van der Waals surface area contributed by atoms with Gasteiger partial charge in [-0.2, -0.15) is 35.7 Å². The molecule has 2 aromatic heterocycles. The van der Waals surface area contributed by atoms with Crippen molar-refractivity contribution in [1.29, 1.82) is 0 Å². The van der Waals surface area contributed by atoms with Gasteiger partial charge in [-0.1, -0.05) is 17.3 Å². The van der Waals surface area contributed by atoms with Crippen molar-refractivity contribution in [1.82, 2.24) is 10.1 Å². The molecule has 1 aromatic carbocycles. The quantitative estimate of drug-likeness (QED) is 0.512. The lowest BCUT2D eigenvalue weighted by molar-refractivity contribution is -0.137. The van der Waals surface area contributed by atoms with Crippen molar-refractivity contribution in [3.63, 3.8) is 0 Å². The molecule has 0 fully saturated rings. The summed E-state index contributed by atoms with van der Waals surface area (Å²) in [5.41, 5.74) is -2.26. The van der Waals surface area contributed by atoms with E-state index in [0.717, 1.165) is 30.3 Å². The number of nitrogens with zero attached hydrogens (tertiary/aromatic N) is 2. The molecule has 0 unspecified atom stereocenters. The zero-order valence-electron chi connectivity index (χ0n) is 13.2. The molecule has 1 amide bonds. The molecule has 0 saturated carbocycles. The van der Waals surface area contributed by atoms with Gasteiger partial charge < -0.3 is 9.84 Å². The topological polar surface area (TPSA) is 68.0 Å². The van der Waals surface area contributed by atoms with Crippen LogP contribution >= 0.6 is 0 Å². The van der Waals surface area contributed by atoms with E-state index in [1.165, 1.54) is 0 Å². The van der Waals surface area contributed by atoms with Gasteiger partial charge in [0.05, 0.1) is 5.56 Å². The first-order chi connectivity index (χ1) is 13.1. The minimum absolute atomic E-state index is 0.0630. The van der Waals surface area contributed by atoms with E-state index < -0.39 is 52.6 Å². The number of halogens is 7. The van der Waals surface area contributed by atoms with Crippen molar-refractivity contribution in [3.8, 4) is 11.3 Å². The van der Waals surface area contributed by atoms with E-state index >= 15 is 0 Å². The number of amides is 1. The Balaban J connectivity index is 1.84. The van der Waals surface area contributed by atoms with Crippen LogP contribution in [0.25, 0.3) is 11.3 Å². The van der Waals surface area contributed by atoms with E-state index in [9.17, 15) is 35.5 Å². The van der Waals surface area contributed by atoms with Crippen molar-refractivity contribution in [2.75, 3.05) is 5.32 Å². The second-order valence-corrected chi connectivity index (χ2v) is 5.30. The molecule has 3 rings (SSSR count). The molecule has 0 saturated heterocycles. The highest BCUT2D eigenvalue weighted by atomic mass is 19.4. The number of hydrogen-bond acceptors (Lipinski definition) is 4. The summed E-state index contributed by atoms with van der Waals surface area (Å²) in [5.74, 6) is -9.75. The Morgan fingerprint density at radius 3 is 2.07 bits per heavy atom. The molecule has 5 nitrogen and oxygen atoms in total. The number of aromatic nitrogens is 2. The molecular weight excluding hydrogens is 399 g/mol. The summed E-state index contributed by atoms with van der Waals surface area (Å²) in [5, 5.41) is 5.03. The van der Waals surface area contributed by atoms with Crippen molar-refractivity contribution < 1.29 is 40.1 Å². The van der Waals surface area contributed by atoms with Crippen LogP contribution in [0.2, 0.25) is 0 Å². The monoisotopic (exact) mass is 405 g/mol. The van der Waals surface area contributed by atoms with Crippen LogP contribution in [-0.2, 0) is 6.18 Å². The Kier molecular flexibility index (Phi) is 4.79. The normalized spacial score (nSPS) is 11.5. The number of rotatable bonds is 3. The summed E-state index contributed by atoms with van der Waals surface area (Å²) >= 11 is 0. The van der Waals surface area contributed by atoms with Gasteiger partial charge in [-0.05, 0) is 12.1 Å². The second-order valence-electron chi connectivity index (χ2n) is 5.30. The highest BCUT2D eigenvalue weighted by Crippen LogP contribution is 2.31. The molecule has 12 heteroatoms. The van der Waals surface area contributed by atoms with Crippen molar-refractivity contribution in [3.05, 3.63) is 65.2 Å². The Labute approximate surface area is 150 Å². The molecule has 0 aliphatic carbocycles. The summed E-state index contributed by atoms with van der Waals surface area (Å²) in [7, 11) is 0. The molecule has 2 heterocycles. The standard InChI is InChI=1S/C16H6F7N3O2/c17-10-12(11(18)14(20)25-13(10)19)24-15(27)9-5-8(26-28-9)6-1-3-7(4-2-6)16(21,22)23/h1-5H,(H,24,25,27). The van der Waals surface area contributed by atoms with Gasteiger partial charge in [0.2, 0.25) is 17.4 Å². The first-order valence-corrected chi connectivity index (χ1v) is 7.23. The Morgan fingerprint density at radius 2 is 1.54 bits per heavy atom. The lowest BCUT2D eigenvalue weighted by atomic mass is 10.1. The molecule has 146 valence electrons. The number of benzene rings is 1. The summed E-state index contributed by atoms with van der Waals surface area (Å²) in [4.78, 5) is 14.3. The lowest BCUT2D eigenvalue weighted by Gasteiger charge is -2.06. The van der Waals surface area contributed by atoms with Gasteiger partial charge in [-0.25, -0.2) is 0 Å². The first-order valence-electron chi connectivity index (χ1n) is 7.23.